The molecule has 2 rings (SSSR count). The molecule has 1 saturated carbocycles. The zero-order valence-corrected chi connectivity index (χ0v) is 12.5. The third-order valence-electron chi connectivity index (χ3n) is 4.59. The number of hydrogen-bond acceptors (Lipinski definition) is 1. The Morgan fingerprint density at radius 3 is 2.60 bits per heavy atom. The van der Waals surface area contributed by atoms with Crippen LogP contribution < -0.4 is 5.32 Å². The standard InChI is InChI=1S/C17H25F2N/c1-12-6-8-14(9-7-12)10-11-20-13(2)15-4-3-5-16(18)17(15)19/h3-5,12-14,20H,6-11H2,1-2H3. The molecule has 0 aromatic heterocycles. The van der Waals surface area contributed by atoms with Crippen molar-refractivity contribution in [3.8, 4) is 0 Å². The Bertz CT molecular complexity index is 425. The average molecular weight is 281 g/mol. The quantitative estimate of drug-likeness (QED) is 0.815. The minimum atomic E-state index is -0.766. The van der Waals surface area contributed by atoms with Crippen LogP contribution in [-0.4, -0.2) is 6.54 Å². The summed E-state index contributed by atoms with van der Waals surface area (Å²) in [6.45, 7) is 5.08. The molecule has 0 spiro atoms. The van der Waals surface area contributed by atoms with Gasteiger partial charge in [-0.15, -0.1) is 0 Å². The van der Waals surface area contributed by atoms with Gasteiger partial charge in [0.25, 0.3) is 0 Å². The van der Waals surface area contributed by atoms with Gasteiger partial charge in [0, 0.05) is 11.6 Å². The summed E-state index contributed by atoms with van der Waals surface area (Å²) in [5, 5.41) is 3.32. The van der Waals surface area contributed by atoms with E-state index in [-0.39, 0.29) is 6.04 Å². The second-order valence-electron chi connectivity index (χ2n) is 6.23. The average Bonchev–Trinajstić information content (AvgIpc) is 2.44. The first-order valence-corrected chi connectivity index (χ1v) is 7.75. The van der Waals surface area contributed by atoms with Crippen molar-refractivity contribution in [3.63, 3.8) is 0 Å². The zero-order chi connectivity index (χ0) is 14.5. The highest BCUT2D eigenvalue weighted by atomic mass is 19.2. The molecule has 1 aromatic rings. The lowest BCUT2D eigenvalue weighted by Gasteiger charge is -2.26. The number of hydrogen-bond donors (Lipinski definition) is 1. The lowest BCUT2D eigenvalue weighted by Crippen LogP contribution is -2.24. The Morgan fingerprint density at radius 2 is 1.90 bits per heavy atom. The fourth-order valence-corrected chi connectivity index (χ4v) is 3.09. The molecular weight excluding hydrogens is 256 g/mol. The molecule has 1 atom stereocenters. The van der Waals surface area contributed by atoms with Crippen molar-refractivity contribution < 1.29 is 8.78 Å². The Hall–Kier alpha value is -0.960. The molecule has 0 heterocycles. The maximum atomic E-state index is 13.7. The monoisotopic (exact) mass is 281 g/mol. The first kappa shape index (κ1) is 15.4. The van der Waals surface area contributed by atoms with E-state index in [0.29, 0.717) is 5.56 Å². The zero-order valence-electron chi connectivity index (χ0n) is 12.5. The van der Waals surface area contributed by atoms with Crippen LogP contribution >= 0.6 is 0 Å². The molecule has 1 aromatic carbocycles. The van der Waals surface area contributed by atoms with Crippen LogP contribution in [0.3, 0.4) is 0 Å². The number of halogens is 2. The summed E-state index contributed by atoms with van der Waals surface area (Å²) >= 11 is 0. The Labute approximate surface area is 120 Å². The summed E-state index contributed by atoms with van der Waals surface area (Å²) in [6.07, 6.45) is 6.42. The van der Waals surface area contributed by atoms with Gasteiger partial charge in [0.1, 0.15) is 0 Å². The molecule has 0 bridgehead atoms. The molecule has 0 radical (unpaired) electrons. The molecule has 1 nitrogen and oxygen atoms in total. The van der Waals surface area contributed by atoms with E-state index in [9.17, 15) is 8.78 Å². The summed E-state index contributed by atoms with van der Waals surface area (Å²) in [4.78, 5) is 0. The van der Waals surface area contributed by atoms with E-state index >= 15 is 0 Å². The van der Waals surface area contributed by atoms with Crippen molar-refractivity contribution in [2.75, 3.05) is 6.54 Å². The maximum Gasteiger partial charge on any atom is 0.163 e. The van der Waals surface area contributed by atoms with Crippen LogP contribution in [0.4, 0.5) is 8.78 Å². The highest BCUT2D eigenvalue weighted by molar-refractivity contribution is 5.21. The largest absolute Gasteiger partial charge is 0.310 e. The highest BCUT2D eigenvalue weighted by Gasteiger charge is 2.18. The number of rotatable bonds is 5. The minimum absolute atomic E-state index is 0.145. The van der Waals surface area contributed by atoms with Crippen LogP contribution in [0.25, 0.3) is 0 Å². The maximum absolute atomic E-state index is 13.7. The predicted molar refractivity (Wildman–Crippen MR) is 78.5 cm³/mol. The lowest BCUT2D eigenvalue weighted by atomic mass is 9.81. The summed E-state index contributed by atoms with van der Waals surface area (Å²) in [5.74, 6) is 0.180. The van der Waals surface area contributed by atoms with Crippen molar-refractivity contribution in [1.29, 1.82) is 0 Å². The lowest BCUT2D eigenvalue weighted by molar-refractivity contribution is 0.273. The van der Waals surface area contributed by atoms with Crippen molar-refractivity contribution in [1.82, 2.24) is 5.32 Å². The van der Waals surface area contributed by atoms with Crippen LogP contribution in [0.5, 0.6) is 0 Å². The highest BCUT2D eigenvalue weighted by Crippen LogP contribution is 2.30. The number of benzene rings is 1. The van der Waals surface area contributed by atoms with Crippen molar-refractivity contribution in [2.45, 2.75) is 52.0 Å². The van der Waals surface area contributed by atoms with Gasteiger partial charge < -0.3 is 5.32 Å². The Morgan fingerprint density at radius 1 is 1.20 bits per heavy atom. The fraction of sp³-hybridized carbons (Fsp3) is 0.647. The third-order valence-corrected chi connectivity index (χ3v) is 4.59. The van der Waals surface area contributed by atoms with Gasteiger partial charge in [0.15, 0.2) is 11.6 Å². The molecule has 1 unspecified atom stereocenters. The van der Waals surface area contributed by atoms with Crippen LogP contribution in [-0.2, 0) is 0 Å². The summed E-state index contributed by atoms with van der Waals surface area (Å²) < 4.78 is 26.8. The summed E-state index contributed by atoms with van der Waals surface area (Å²) in [5.41, 5.74) is 0.419. The van der Waals surface area contributed by atoms with Gasteiger partial charge in [-0.05, 0) is 37.8 Å². The Kier molecular flexibility index (Phi) is 5.53. The second-order valence-corrected chi connectivity index (χ2v) is 6.23. The van der Waals surface area contributed by atoms with Crippen LogP contribution in [0.15, 0.2) is 18.2 Å². The van der Waals surface area contributed by atoms with Crippen molar-refractivity contribution in [2.24, 2.45) is 11.8 Å². The summed E-state index contributed by atoms with van der Waals surface area (Å²) in [7, 11) is 0. The van der Waals surface area contributed by atoms with E-state index in [1.165, 1.54) is 25.7 Å². The molecule has 0 amide bonds. The fourth-order valence-electron chi connectivity index (χ4n) is 3.09. The normalized spacial score (nSPS) is 24.6. The van der Waals surface area contributed by atoms with E-state index in [4.69, 9.17) is 0 Å². The second kappa shape index (κ2) is 7.16. The van der Waals surface area contributed by atoms with Crippen LogP contribution in [0, 0.1) is 23.5 Å². The van der Waals surface area contributed by atoms with E-state index in [1.807, 2.05) is 6.92 Å². The van der Waals surface area contributed by atoms with Gasteiger partial charge in [-0.2, -0.15) is 0 Å². The molecular formula is C17H25F2N. The molecule has 20 heavy (non-hydrogen) atoms. The number of nitrogens with one attached hydrogen (secondary N) is 1. The Balaban J connectivity index is 1.77. The molecule has 1 aliphatic rings. The van der Waals surface area contributed by atoms with E-state index in [0.717, 1.165) is 30.9 Å². The SMILES string of the molecule is CC1CCC(CCNC(C)c2cccc(F)c2F)CC1. The van der Waals surface area contributed by atoms with Crippen LogP contribution in [0.1, 0.15) is 57.6 Å². The van der Waals surface area contributed by atoms with Gasteiger partial charge in [-0.25, -0.2) is 8.78 Å². The van der Waals surface area contributed by atoms with E-state index in [1.54, 1.807) is 12.1 Å². The first-order valence-electron chi connectivity index (χ1n) is 7.75. The van der Waals surface area contributed by atoms with Gasteiger partial charge in [-0.1, -0.05) is 44.7 Å². The molecule has 3 heteroatoms. The molecule has 0 aliphatic heterocycles. The molecule has 0 saturated heterocycles. The van der Waals surface area contributed by atoms with Crippen LogP contribution in [0.2, 0.25) is 0 Å². The summed E-state index contributed by atoms with van der Waals surface area (Å²) in [6, 6.07) is 4.23. The van der Waals surface area contributed by atoms with Crippen molar-refractivity contribution >= 4 is 0 Å². The molecule has 1 aliphatic carbocycles. The molecule has 1 fully saturated rings. The topological polar surface area (TPSA) is 12.0 Å². The van der Waals surface area contributed by atoms with E-state index in [2.05, 4.69) is 12.2 Å². The van der Waals surface area contributed by atoms with Gasteiger partial charge in [0.05, 0.1) is 0 Å². The predicted octanol–water partition coefficient (Wildman–Crippen LogP) is 4.83. The van der Waals surface area contributed by atoms with E-state index < -0.39 is 11.6 Å². The van der Waals surface area contributed by atoms with Crippen molar-refractivity contribution in [3.05, 3.63) is 35.4 Å². The first-order chi connectivity index (χ1) is 9.58. The van der Waals surface area contributed by atoms with Gasteiger partial charge in [0.2, 0.25) is 0 Å². The molecule has 1 N–H and O–H groups in total. The van der Waals surface area contributed by atoms with Gasteiger partial charge in [-0.3, -0.25) is 0 Å². The minimum Gasteiger partial charge on any atom is -0.310 e. The molecule has 112 valence electrons. The van der Waals surface area contributed by atoms with Gasteiger partial charge >= 0.3 is 0 Å². The smallest absolute Gasteiger partial charge is 0.163 e. The third kappa shape index (κ3) is 4.02.